The fourth-order valence-electron chi connectivity index (χ4n) is 1.97. The number of carbonyl (C=O) groups excluding carboxylic acids is 1. The maximum Gasteiger partial charge on any atom is 0.261 e. The van der Waals surface area contributed by atoms with Gasteiger partial charge in [0, 0.05) is 11.6 Å². The number of phenols is 2. The molecule has 0 unspecified atom stereocenters. The summed E-state index contributed by atoms with van der Waals surface area (Å²) in [4.78, 5) is 11.9. The number of aromatic hydroxyl groups is 2. The lowest BCUT2D eigenvalue weighted by molar-refractivity contribution is -0.122. The summed E-state index contributed by atoms with van der Waals surface area (Å²) in [6, 6.07) is 10.8. The molecule has 5 N–H and O–H groups in total. The van der Waals surface area contributed by atoms with Crippen LogP contribution in [0.4, 0.5) is 0 Å². The Kier molecular flexibility index (Phi) is 4.75. The summed E-state index contributed by atoms with van der Waals surface area (Å²) >= 11 is 0. The molecule has 0 saturated heterocycles. The minimum Gasteiger partial charge on any atom is -0.508 e. The van der Waals surface area contributed by atoms with Crippen LogP contribution in [-0.4, -0.2) is 22.3 Å². The van der Waals surface area contributed by atoms with Gasteiger partial charge in [0.1, 0.15) is 17.5 Å². The molecule has 2 rings (SSSR count). The Bertz CT molecular complexity index is 676. The normalized spacial score (nSPS) is 12.3. The van der Waals surface area contributed by atoms with E-state index in [2.05, 4.69) is 10.5 Å². The minimum atomic E-state index is -0.826. The van der Waals surface area contributed by atoms with Gasteiger partial charge in [-0.25, -0.2) is 5.43 Å². The zero-order valence-corrected chi connectivity index (χ0v) is 12.0. The first-order chi connectivity index (χ1) is 10.5. The average Bonchev–Trinajstić information content (AvgIpc) is 2.49. The van der Waals surface area contributed by atoms with Crippen molar-refractivity contribution in [2.75, 3.05) is 0 Å². The summed E-state index contributed by atoms with van der Waals surface area (Å²) in [7, 11) is 0. The molecule has 2 aromatic rings. The van der Waals surface area contributed by atoms with Crippen molar-refractivity contribution in [2.24, 2.45) is 10.8 Å². The molecular formula is C16H17N3O3. The van der Waals surface area contributed by atoms with Crippen LogP contribution in [0, 0.1) is 6.92 Å². The molecule has 6 nitrogen and oxygen atoms in total. The van der Waals surface area contributed by atoms with Gasteiger partial charge in [0.2, 0.25) is 0 Å². The van der Waals surface area contributed by atoms with E-state index in [4.69, 9.17) is 5.73 Å². The first kappa shape index (κ1) is 15.5. The number of rotatable bonds is 4. The number of hydrogen-bond donors (Lipinski definition) is 4. The molecule has 0 aliphatic heterocycles. The number of hydrogen-bond acceptors (Lipinski definition) is 5. The van der Waals surface area contributed by atoms with Crippen molar-refractivity contribution in [3.8, 4) is 11.5 Å². The van der Waals surface area contributed by atoms with Gasteiger partial charge < -0.3 is 15.9 Å². The Morgan fingerprint density at radius 2 is 1.95 bits per heavy atom. The highest BCUT2D eigenvalue weighted by molar-refractivity contribution is 5.88. The van der Waals surface area contributed by atoms with Gasteiger partial charge in [0.15, 0.2) is 0 Å². The van der Waals surface area contributed by atoms with Crippen LogP contribution in [0.1, 0.15) is 22.7 Å². The molecule has 0 fully saturated rings. The van der Waals surface area contributed by atoms with Crippen molar-refractivity contribution in [2.45, 2.75) is 13.0 Å². The molecule has 114 valence electrons. The van der Waals surface area contributed by atoms with Crippen LogP contribution in [0.15, 0.2) is 47.6 Å². The summed E-state index contributed by atoms with van der Waals surface area (Å²) in [6.07, 6.45) is 1.31. The van der Waals surface area contributed by atoms with Crippen LogP contribution in [-0.2, 0) is 4.79 Å². The zero-order chi connectivity index (χ0) is 16.1. The van der Waals surface area contributed by atoms with Crippen LogP contribution < -0.4 is 11.2 Å². The van der Waals surface area contributed by atoms with Gasteiger partial charge in [-0.15, -0.1) is 0 Å². The van der Waals surface area contributed by atoms with E-state index in [-0.39, 0.29) is 11.5 Å². The summed E-state index contributed by atoms with van der Waals surface area (Å²) in [6.45, 7) is 1.71. The number of aryl methyl sites for hydroxylation is 1. The molecule has 0 aliphatic rings. The zero-order valence-electron chi connectivity index (χ0n) is 12.0. The number of nitrogens with two attached hydrogens (primary N) is 1. The topological polar surface area (TPSA) is 108 Å². The molecule has 0 heterocycles. The molecular weight excluding hydrogens is 282 g/mol. The average molecular weight is 299 g/mol. The van der Waals surface area contributed by atoms with Gasteiger partial charge in [0.25, 0.3) is 5.91 Å². The molecule has 0 saturated carbocycles. The maximum atomic E-state index is 11.9. The molecule has 22 heavy (non-hydrogen) atoms. The number of amides is 1. The fraction of sp³-hybridized carbons (Fsp3) is 0.125. The summed E-state index contributed by atoms with van der Waals surface area (Å²) in [5.74, 6) is -0.622. The second-order valence-electron chi connectivity index (χ2n) is 4.82. The molecule has 0 aromatic heterocycles. The maximum absolute atomic E-state index is 11.9. The third-order valence-electron chi connectivity index (χ3n) is 3.16. The molecule has 6 heteroatoms. The first-order valence-electron chi connectivity index (χ1n) is 6.65. The minimum absolute atomic E-state index is 0.0396. The second kappa shape index (κ2) is 6.73. The number of benzene rings is 2. The number of hydrazone groups is 1. The van der Waals surface area contributed by atoms with E-state index < -0.39 is 11.9 Å². The van der Waals surface area contributed by atoms with Gasteiger partial charge in [-0.2, -0.15) is 5.10 Å². The largest absolute Gasteiger partial charge is 0.508 e. The Balaban J connectivity index is 2.05. The highest BCUT2D eigenvalue weighted by Crippen LogP contribution is 2.25. The molecule has 0 bridgehead atoms. The van der Waals surface area contributed by atoms with Crippen LogP contribution in [0.3, 0.4) is 0 Å². The quantitative estimate of drug-likeness (QED) is 0.507. The van der Waals surface area contributed by atoms with Crippen LogP contribution in [0.25, 0.3) is 0 Å². The number of nitrogens with one attached hydrogen (secondary N) is 1. The van der Waals surface area contributed by atoms with Gasteiger partial charge >= 0.3 is 0 Å². The van der Waals surface area contributed by atoms with E-state index in [1.54, 1.807) is 31.2 Å². The van der Waals surface area contributed by atoms with Crippen LogP contribution in [0.2, 0.25) is 0 Å². The number of phenolic OH excluding ortho intramolecular Hbond substituents is 2. The molecule has 0 radical (unpaired) electrons. The van der Waals surface area contributed by atoms with E-state index in [1.807, 2.05) is 6.07 Å². The third kappa shape index (κ3) is 3.62. The first-order valence-corrected chi connectivity index (χ1v) is 6.65. The van der Waals surface area contributed by atoms with Crippen LogP contribution >= 0.6 is 0 Å². The fourth-order valence-corrected chi connectivity index (χ4v) is 1.97. The van der Waals surface area contributed by atoms with Crippen molar-refractivity contribution in [3.63, 3.8) is 0 Å². The predicted molar refractivity (Wildman–Crippen MR) is 83.6 cm³/mol. The van der Waals surface area contributed by atoms with E-state index in [0.717, 1.165) is 0 Å². The second-order valence-corrected chi connectivity index (χ2v) is 4.82. The summed E-state index contributed by atoms with van der Waals surface area (Å²) in [5, 5.41) is 22.9. The Morgan fingerprint density at radius 3 is 2.59 bits per heavy atom. The van der Waals surface area contributed by atoms with E-state index in [0.29, 0.717) is 16.7 Å². The Hall–Kier alpha value is -2.86. The Morgan fingerprint density at radius 1 is 1.27 bits per heavy atom. The van der Waals surface area contributed by atoms with Crippen molar-refractivity contribution in [3.05, 3.63) is 59.2 Å². The number of nitrogens with zero attached hydrogens (tertiary/aromatic N) is 1. The smallest absolute Gasteiger partial charge is 0.261 e. The lowest BCUT2D eigenvalue weighted by Gasteiger charge is -2.10. The van der Waals surface area contributed by atoms with Gasteiger partial charge in [-0.05, 0) is 24.1 Å². The Labute approximate surface area is 127 Å². The van der Waals surface area contributed by atoms with E-state index in [1.165, 1.54) is 18.3 Å². The van der Waals surface area contributed by atoms with Crippen LogP contribution in [0.5, 0.6) is 11.5 Å². The predicted octanol–water partition coefficient (Wildman–Crippen LogP) is 1.56. The van der Waals surface area contributed by atoms with Crippen molar-refractivity contribution in [1.29, 1.82) is 0 Å². The number of carbonyl (C=O) groups is 1. The monoisotopic (exact) mass is 299 g/mol. The third-order valence-corrected chi connectivity index (χ3v) is 3.16. The molecule has 1 amide bonds. The summed E-state index contributed by atoms with van der Waals surface area (Å²) in [5.41, 5.74) is 9.88. The lowest BCUT2D eigenvalue weighted by atomic mass is 10.1. The van der Waals surface area contributed by atoms with Gasteiger partial charge in [-0.1, -0.05) is 30.3 Å². The molecule has 0 spiro atoms. The van der Waals surface area contributed by atoms with Crippen molar-refractivity contribution < 1.29 is 15.0 Å². The molecule has 2 aromatic carbocycles. The van der Waals surface area contributed by atoms with E-state index >= 15 is 0 Å². The SMILES string of the molecule is Cc1cc(O)cc(O)c1/C=N/NC(=O)[C@@H](N)c1ccccc1. The molecule has 0 aliphatic carbocycles. The van der Waals surface area contributed by atoms with E-state index in [9.17, 15) is 15.0 Å². The lowest BCUT2D eigenvalue weighted by Crippen LogP contribution is -2.31. The van der Waals surface area contributed by atoms with Crippen molar-refractivity contribution in [1.82, 2.24) is 5.43 Å². The highest BCUT2D eigenvalue weighted by Gasteiger charge is 2.14. The standard InChI is InChI=1S/C16H17N3O3/c1-10-7-12(20)8-14(21)13(10)9-18-19-16(22)15(17)11-5-3-2-4-6-11/h2-9,15,20-21H,17H2,1H3,(H,19,22)/b18-9+/t15-/m0/s1. The van der Waals surface area contributed by atoms with Gasteiger partial charge in [0.05, 0.1) is 6.21 Å². The van der Waals surface area contributed by atoms with Crippen molar-refractivity contribution >= 4 is 12.1 Å². The highest BCUT2D eigenvalue weighted by atomic mass is 16.3. The summed E-state index contributed by atoms with van der Waals surface area (Å²) < 4.78 is 0. The molecule has 1 atom stereocenters. The van der Waals surface area contributed by atoms with Gasteiger partial charge in [-0.3, -0.25) is 4.79 Å².